The Balaban J connectivity index is 1.13. The van der Waals surface area contributed by atoms with E-state index in [1.807, 2.05) is 6.07 Å². The first-order valence-electron chi connectivity index (χ1n) is 19.1. The van der Waals surface area contributed by atoms with Crippen molar-refractivity contribution in [2.45, 2.75) is 24.7 Å². The van der Waals surface area contributed by atoms with E-state index in [-0.39, 0.29) is 5.41 Å². The molecule has 0 aromatic heterocycles. The van der Waals surface area contributed by atoms with Crippen LogP contribution in [-0.2, 0) is 10.8 Å². The van der Waals surface area contributed by atoms with Crippen LogP contribution in [0, 0.1) is 11.8 Å². The van der Waals surface area contributed by atoms with Crippen LogP contribution in [0.2, 0.25) is 0 Å². The van der Waals surface area contributed by atoms with Crippen molar-refractivity contribution in [2.75, 3.05) is 4.90 Å². The topological polar surface area (TPSA) is 3.24 Å². The smallest absolute Gasteiger partial charge is 0.108 e. The van der Waals surface area contributed by atoms with Crippen molar-refractivity contribution in [3.63, 3.8) is 0 Å². The summed E-state index contributed by atoms with van der Waals surface area (Å²) < 4.78 is 0. The van der Waals surface area contributed by atoms with Gasteiger partial charge in [-0.15, -0.1) is 0 Å². The van der Waals surface area contributed by atoms with E-state index in [0.29, 0.717) is 0 Å². The third-order valence-corrected chi connectivity index (χ3v) is 11.7. The van der Waals surface area contributed by atoms with Crippen molar-refractivity contribution in [2.24, 2.45) is 0 Å². The van der Waals surface area contributed by atoms with Crippen molar-refractivity contribution in [3.8, 4) is 45.2 Å². The molecule has 1 nitrogen and oxygen atoms in total. The van der Waals surface area contributed by atoms with E-state index in [2.05, 4.69) is 225 Å². The molecule has 0 aliphatic heterocycles. The lowest BCUT2D eigenvalue weighted by Gasteiger charge is -2.29. The van der Waals surface area contributed by atoms with Gasteiger partial charge in [0.05, 0.1) is 0 Å². The van der Waals surface area contributed by atoms with Crippen LogP contribution in [0.25, 0.3) is 33.4 Å². The summed E-state index contributed by atoms with van der Waals surface area (Å²) in [5.74, 6) is 7.47. The molecule has 0 fully saturated rings. The van der Waals surface area contributed by atoms with Gasteiger partial charge in [0.2, 0.25) is 0 Å². The number of nitrogens with zero attached hydrogens (tertiary/aromatic N) is 1. The van der Waals surface area contributed by atoms with Gasteiger partial charge in [-0.2, -0.15) is 0 Å². The van der Waals surface area contributed by atoms with Gasteiger partial charge in [0, 0.05) is 28.0 Å². The number of fused-ring (bicyclic) bond motifs is 6. The molecule has 8 aromatic carbocycles. The van der Waals surface area contributed by atoms with Crippen LogP contribution in [0.3, 0.4) is 0 Å². The molecule has 55 heavy (non-hydrogen) atoms. The van der Waals surface area contributed by atoms with Gasteiger partial charge in [-0.1, -0.05) is 171 Å². The Hall–Kier alpha value is -6.88. The van der Waals surface area contributed by atoms with E-state index in [1.54, 1.807) is 0 Å². The summed E-state index contributed by atoms with van der Waals surface area (Å²) in [5, 5.41) is 0. The number of rotatable bonds is 5. The first-order valence-corrected chi connectivity index (χ1v) is 19.1. The zero-order chi connectivity index (χ0) is 37.0. The van der Waals surface area contributed by atoms with Gasteiger partial charge in [-0.25, -0.2) is 0 Å². The maximum atomic E-state index is 3.87. The molecule has 0 bridgehead atoms. The summed E-state index contributed by atoms with van der Waals surface area (Å²) in [5.41, 5.74) is 17.4. The van der Waals surface area contributed by atoms with Gasteiger partial charge in [0.25, 0.3) is 0 Å². The number of hydrogen-bond donors (Lipinski definition) is 0. The highest BCUT2D eigenvalue weighted by Crippen LogP contribution is 2.54. The van der Waals surface area contributed by atoms with Crippen LogP contribution in [0.4, 0.5) is 17.1 Å². The molecular weight excluding hydrogens is 663 g/mol. The Morgan fingerprint density at radius 1 is 0.382 bits per heavy atom. The van der Waals surface area contributed by atoms with Gasteiger partial charge in [-0.3, -0.25) is 0 Å². The van der Waals surface area contributed by atoms with Crippen molar-refractivity contribution in [3.05, 3.63) is 234 Å². The Labute approximate surface area is 324 Å². The second kappa shape index (κ2) is 12.9. The minimum absolute atomic E-state index is 0.0945. The van der Waals surface area contributed by atoms with Crippen LogP contribution in [0.15, 0.2) is 200 Å². The SMILES string of the molecule is CC1(C)c2ccccc2-c2ccc(N(c3ccccc3)c3cccc(-c4ccc5c(c4)C(C#Cc4ccccc4)(c4ccccc4)c4ccccc4-5)c3)cc21. The highest BCUT2D eigenvalue weighted by molar-refractivity contribution is 5.90. The predicted molar refractivity (Wildman–Crippen MR) is 229 cm³/mol. The highest BCUT2D eigenvalue weighted by atomic mass is 15.1. The number of para-hydroxylation sites is 1. The van der Waals surface area contributed by atoms with Gasteiger partial charge >= 0.3 is 0 Å². The molecule has 10 rings (SSSR count). The second-order valence-corrected chi connectivity index (χ2v) is 15.2. The van der Waals surface area contributed by atoms with Crippen molar-refractivity contribution in [1.82, 2.24) is 0 Å². The standard InChI is InChI=1S/C54H39N/c1-53(2)49-27-14-12-25-45(49)47-32-30-44(37-51(47)53)55(42-22-10-5-11-23-42)43-24-16-19-39(35-43)40-29-31-48-46-26-13-15-28-50(46)54(52(48)36-40,41-20-8-4-9-21-41)34-33-38-17-6-3-7-18-38/h3-32,35-37H,1-2H3. The fraction of sp³-hybridized carbons (Fsp3) is 0.0741. The maximum absolute atomic E-state index is 3.87. The van der Waals surface area contributed by atoms with Gasteiger partial charge in [0.15, 0.2) is 0 Å². The minimum atomic E-state index is -0.637. The Bertz CT molecular complexity index is 2790. The number of anilines is 3. The van der Waals surface area contributed by atoms with Crippen molar-refractivity contribution in [1.29, 1.82) is 0 Å². The lowest BCUT2D eigenvalue weighted by atomic mass is 9.72. The molecule has 1 heteroatoms. The first-order chi connectivity index (χ1) is 27.0. The lowest BCUT2D eigenvalue weighted by molar-refractivity contribution is 0.660. The summed E-state index contributed by atoms with van der Waals surface area (Å²) in [6, 6.07) is 72.5. The van der Waals surface area contributed by atoms with Gasteiger partial charge in [-0.05, 0) is 116 Å². The molecule has 0 radical (unpaired) electrons. The monoisotopic (exact) mass is 701 g/mol. The maximum Gasteiger partial charge on any atom is 0.108 e. The average molecular weight is 702 g/mol. The van der Waals surface area contributed by atoms with Crippen molar-refractivity contribution >= 4 is 17.1 Å². The summed E-state index contributed by atoms with van der Waals surface area (Å²) >= 11 is 0. The minimum Gasteiger partial charge on any atom is -0.310 e. The zero-order valence-electron chi connectivity index (χ0n) is 31.0. The fourth-order valence-electron chi connectivity index (χ4n) is 9.03. The Morgan fingerprint density at radius 2 is 0.927 bits per heavy atom. The van der Waals surface area contributed by atoms with Gasteiger partial charge < -0.3 is 4.90 Å². The molecule has 260 valence electrons. The van der Waals surface area contributed by atoms with E-state index < -0.39 is 5.41 Å². The van der Waals surface area contributed by atoms with Crippen LogP contribution >= 0.6 is 0 Å². The number of hydrogen-bond acceptors (Lipinski definition) is 1. The third kappa shape index (κ3) is 5.25. The van der Waals surface area contributed by atoms with Gasteiger partial charge in [0.1, 0.15) is 5.41 Å². The van der Waals surface area contributed by atoms with E-state index >= 15 is 0 Å². The molecule has 0 spiro atoms. The van der Waals surface area contributed by atoms with Crippen molar-refractivity contribution < 1.29 is 0 Å². The molecule has 2 aliphatic rings. The highest BCUT2D eigenvalue weighted by Gasteiger charge is 2.44. The molecule has 0 amide bonds. The molecule has 1 atom stereocenters. The van der Waals surface area contributed by atoms with Crippen LogP contribution in [0.5, 0.6) is 0 Å². The largest absolute Gasteiger partial charge is 0.310 e. The van der Waals surface area contributed by atoms with Crippen LogP contribution < -0.4 is 4.90 Å². The summed E-state index contributed by atoms with van der Waals surface area (Å²) in [6.45, 7) is 4.70. The second-order valence-electron chi connectivity index (χ2n) is 15.2. The number of benzene rings is 8. The molecular formula is C54H39N. The Morgan fingerprint density at radius 3 is 1.69 bits per heavy atom. The fourth-order valence-corrected chi connectivity index (χ4v) is 9.03. The van der Waals surface area contributed by atoms with Crippen LogP contribution in [0.1, 0.15) is 47.2 Å². The van der Waals surface area contributed by atoms with E-state index in [1.165, 1.54) is 50.1 Å². The molecule has 1 unspecified atom stereocenters. The normalized spacial score (nSPS) is 15.5. The summed E-state index contributed by atoms with van der Waals surface area (Å²) in [4.78, 5) is 2.39. The predicted octanol–water partition coefficient (Wildman–Crippen LogP) is 13.5. The molecule has 0 N–H and O–H groups in total. The molecule has 8 aromatic rings. The van der Waals surface area contributed by atoms with Crippen LogP contribution in [-0.4, -0.2) is 0 Å². The van der Waals surface area contributed by atoms with E-state index in [4.69, 9.17) is 0 Å². The Kier molecular flexibility index (Phi) is 7.68. The summed E-state index contributed by atoms with van der Waals surface area (Å²) in [7, 11) is 0. The van der Waals surface area contributed by atoms with E-state index in [9.17, 15) is 0 Å². The molecule has 2 aliphatic carbocycles. The third-order valence-electron chi connectivity index (χ3n) is 11.7. The molecule has 0 saturated heterocycles. The van der Waals surface area contributed by atoms with E-state index in [0.717, 1.165) is 33.8 Å². The quantitative estimate of drug-likeness (QED) is 0.162. The first kappa shape index (κ1) is 32.7. The average Bonchev–Trinajstić information content (AvgIpc) is 3.66. The zero-order valence-corrected chi connectivity index (χ0v) is 31.0. The molecule has 0 heterocycles. The summed E-state index contributed by atoms with van der Waals surface area (Å²) in [6.07, 6.45) is 0. The lowest BCUT2D eigenvalue weighted by Crippen LogP contribution is -2.25. The molecule has 0 saturated carbocycles.